The van der Waals surface area contributed by atoms with Crippen LogP contribution in [0.1, 0.15) is 29.8 Å². The number of carbonyl (C=O) groups is 2. The van der Waals surface area contributed by atoms with Gasteiger partial charge in [-0.25, -0.2) is 4.98 Å². The number of pyridine rings is 1. The van der Waals surface area contributed by atoms with Crippen molar-refractivity contribution in [1.29, 1.82) is 0 Å². The Morgan fingerprint density at radius 1 is 1.07 bits per heavy atom. The van der Waals surface area contributed by atoms with Gasteiger partial charge >= 0.3 is 0 Å². The smallest absolute Gasteiger partial charge is 0.255 e. The number of hydrogen-bond acceptors (Lipinski definition) is 5. The normalized spacial score (nSPS) is 13.9. The molecule has 2 amide bonds. The summed E-state index contributed by atoms with van der Waals surface area (Å²) in [7, 11) is 1.57. The molecule has 1 aliphatic rings. The molecule has 1 aromatic heterocycles. The fourth-order valence-electron chi connectivity index (χ4n) is 3.27. The van der Waals surface area contributed by atoms with Crippen LogP contribution in [0.25, 0.3) is 0 Å². The summed E-state index contributed by atoms with van der Waals surface area (Å²) in [5.74, 6) is 1.15. The van der Waals surface area contributed by atoms with E-state index in [0.29, 0.717) is 34.3 Å². The number of fused-ring (bicyclic) bond motifs is 1. The van der Waals surface area contributed by atoms with Gasteiger partial charge in [0.15, 0.2) is 11.5 Å². The molecule has 0 fully saturated rings. The number of ether oxygens (including phenoxy) is 2. The van der Waals surface area contributed by atoms with E-state index in [4.69, 9.17) is 9.47 Å². The average molecular weight is 403 g/mol. The zero-order chi connectivity index (χ0) is 21.3. The Kier molecular flexibility index (Phi) is 4.87. The molecule has 7 heteroatoms. The maximum absolute atomic E-state index is 12.6. The van der Waals surface area contributed by atoms with Crippen molar-refractivity contribution in [3.8, 4) is 17.4 Å². The van der Waals surface area contributed by atoms with Gasteiger partial charge in [-0.15, -0.1) is 0 Å². The van der Waals surface area contributed by atoms with E-state index < -0.39 is 5.41 Å². The number of benzene rings is 2. The summed E-state index contributed by atoms with van der Waals surface area (Å²) in [5, 5.41) is 5.63. The van der Waals surface area contributed by atoms with E-state index in [1.807, 2.05) is 32.0 Å². The van der Waals surface area contributed by atoms with Crippen molar-refractivity contribution >= 4 is 23.2 Å². The van der Waals surface area contributed by atoms with Gasteiger partial charge in [-0.2, -0.15) is 0 Å². The number of nitrogens with one attached hydrogen (secondary N) is 2. The number of amides is 2. The van der Waals surface area contributed by atoms with Gasteiger partial charge in [0.05, 0.1) is 24.4 Å². The molecule has 1 aliphatic heterocycles. The number of carbonyl (C=O) groups excluding carboxylic acids is 2. The monoisotopic (exact) mass is 403 g/mol. The molecule has 0 spiro atoms. The minimum Gasteiger partial charge on any atom is -0.493 e. The lowest BCUT2D eigenvalue weighted by Gasteiger charge is -2.15. The van der Waals surface area contributed by atoms with Crippen molar-refractivity contribution in [2.24, 2.45) is 0 Å². The van der Waals surface area contributed by atoms with Gasteiger partial charge in [0, 0.05) is 17.3 Å². The molecular weight excluding hydrogens is 382 g/mol. The van der Waals surface area contributed by atoms with Crippen LogP contribution in [-0.2, 0) is 10.2 Å². The van der Waals surface area contributed by atoms with E-state index >= 15 is 0 Å². The first kappa shape index (κ1) is 19.4. The molecular formula is C23H21N3O4. The van der Waals surface area contributed by atoms with Crippen molar-refractivity contribution in [3.05, 3.63) is 71.9 Å². The van der Waals surface area contributed by atoms with E-state index in [-0.39, 0.29) is 11.8 Å². The molecule has 2 aromatic carbocycles. The number of hydrogen-bond donors (Lipinski definition) is 2. The molecule has 30 heavy (non-hydrogen) atoms. The third-order valence-corrected chi connectivity index (χ3v) is 5.05. The van der Waals surface area contributed by atoms with E-state index in [2.05, 4.69) is 15.6 Å². The predicted octanol–water partition coefficient (Wildman–Crippen LogP) is 4.36. The van der Waals surface area contributed by atoms with Gasteiger partial charge in [0.25, 0.3) is 5.91 Å². The molecule has 152 valence electrons. The molecule has 0 saturated carbocycles. The molecule has 0 bridgehead atoms. The highest BCUT2D eigenvalue weighted by atomic mass is 16.5. The second kappa shape index (κ2) is 7.51. The number of para-hydroxylation sites is 2. The fourth-order valence-corrected chi connectivity index (χ4v) is 3.27. The molecule has 4 rings (SSSR count). The zero-order valence-corrected chi connectivity index (χ0v) is 16.9. The van der Waals surface area contributed by atoms with Crippen LogP contribution < -0.4 is 20.1 Å². The SMILES string of the molecule is COc1ccccc1Oc1ccc(NC(=O)c2ccc3c(c2)NC(=O)C3(C)C)cn1. The average Bonchev–Trinajstić information content (AvgIpc) is 2.97. The summed E-state index contributed by atoms with van der Waals surface area (Å²) in [6, 6.07) is 15.8. The highest BCUT2D eigenvalue weighted by Crippen LogP contribution is 2.37. The van der Waals surface area contributed by atoms with Crippen LogP contribution in [-0.4, -0.2) is 23.9 Å². The Labute approximate surface area is 174 Å². The van der Waals surface area contributed by atoms with Crippen LogP contribution in [0.3, 0.4) is 0 Å². The summed E-state index contributed by atoms with van der Waals surface area (Å²) >= 11 is 0. The highest BCUT2D eigenvalue weighted by Gasteiger charge is 2.38. The number of rotatable bonds is 5. The van der Waals surface area contributed by atoms with Crippen molar-refractivity contribution < 1.29 is 19.1 Å². The van der Waals surface area contributed by atoms with Gasteiger partial charge in [-0.3, -0.25) is 9.59 Å². The minimum absolute atomic E-state index is 0.0788. The van der Waals surface area contributed by atoms with E-state index in [1.165, 1.54) is 6.20 Å². The topological polar surface area (TPSA) is 89.5 Å². The predicted molar refractivity (Wildman–Crippen MR) is 113 cm³/mol. The van der Waals surface area contributed by atoms with Crippen molar-refractivity contribution in [2.75, 3.05) is 17.7 Å². The van der Waals surface area contributed by atoms with Crippen LogP contribution in [0.4, 0.5) is 11.4 Å². The van der Waals surface area contributed by atoms with Gasteiger partial charge in [-0.1, -0.05) is 18.2 Å². The van der Waals surface area contributed by atoms with Crippen LogP contribution in [0, 0.1) is 0 Å². The van der Waals surface area contributed by atoms with Gasteiger partial charge in [0.1, 0.15) is 0 Å². The highest BCUT2D eigenvalue weighted by molar-refractivity contribution is 6.09. The molecule has 0 radical (unpaired) electrons. The molecule has 3 aromatic rings. The Balaban J connectivity index is 1.46. The first-order chi connectivity index (χ1) is 14.4. The Bertz CT molecular complexity index is 1120. The number of anilines is 2. The van der Waals surface area contributed by atoms with Crippen LogP contribution >= 0.6 is 0 Å². The maximum atomic E-state index is 12.6. The van der Waals surface area contributed by atoms with Crippen LogP contribution in [0.5, 0.6) is 17.4 Å². The van der Waals surface area contributed by atoms with E-state index in [1.54, 1.807) is 43.5 Å². The number of methoxy groups -OCH3 is 1. The molecule has 0 unspecified atom stereocenters. The summed E-state index contributed by atoms with van der Waals surface area (Å²) < 4.78 is 11.0. The number of aromatic nitrogens is 1. The van der Waals surface area contributed by atoms with Gasteiger partial charge < -0.3 is 20.1 Å². The third kappa shape index (κ3) is 3.57. The largest absolute Gasteiger partial charge is 0.493 e. The minimum atomic E-state index is -0.606. The van der Waals surface area contributed by atoms with Crippen molar-refractivity contribution in [3.63, 3.8) is 0 Å². The quantitative estimate of drug-likeness (QED) is 0.661. The van der Waals surface area contributed by atoms with Gasteiger partial charge in [-0.05, 0) is 49.7 Å². The molecule has 7 nitrogen and oxygen atoms in total. The zero-order valence-electron chi connectivity index (χ0n) is 16.9. The Morgan fingerprint density at radius 3 is 2.53 bits per heavy atom. The molecule has 0 saturated heterocycles. The maximum Gasteiger partial charge on any atom is 0.255 e. The fraction of sp³-hybridized carbons (Fsp3) is 0.174. The first-order valence-corrected chi connectivity index (χ1v) is 9.43. The summed E-state index contributed by atoms with van der Waals surface area (Å²) in [5.41, 5.74) is 1.91. The molecule has 0 aliphatic carbocycles. The molecule has 2 N–H and O–H groups in total. The lowest BCUT2D eigenvalue weighted by atomic mass is 9.86. The number of nitrogens with zero attached hydrogens (tertiary/aromatic N) is 1. The summed E-state index contributed by atoms with van der Waals surface area (Å²) in [4.78, 5) is 28.9. The van der Waals surface area contributed by atoms with Crippen molar-refractivity contribution in [2.45, 2.75) is 19.3 Å². The lowest BCUT2D eigenvalue weighted by Crippen LogP contribution is -2.26. The summed E-state index contributed by atoms with van der Waals surface area (Å²) in [6.45, 7) is 3.71. The standard InChI is InChI=1S/C23H21N3O4/c1-23(2)16-10-8-14(12-17(16)26-22(23)28)21(27)25-15-9-11-20(24-13-15)30-19-7-5-4-6-18(19)29-3/h4-13H,1-3H3,(H,25,27)(H,26,28). The van der Waals surface area contributed by atoms with Crippen LogP contribution in [0.15, 0.2) is 60.8 Å². The van der Waals surface area contributed by atoms with Crippen LogP contribution in [0.2, 0.25) is 0 Å². The second-order valence-corrected chi connectivity index (χ2v) is 7.43. The van der Waals surface area contributed by atoms with E-state index in [9.17, 15) is 9.59 Å². The first-order valence-electron chi connectivity index (χ1n) is 9.43. The Morgan fingerprint density at radius 2 is 1.83 bits per heavy atom. The van der Waals surface area contributed by atoms with Gasteiger partial charge in [0.2, 0.25) is 11.8 Å². The third-order valence-electron chi connectivity index (χ3n) is 5.05. The second-order valence-electron chi connectivity index (χ2n) is 7.43. The lowest BCUT2D eigenvalue weighted by molar-refractivity contribution is -0.119. The Hall–Kier alpha value is -3.87. The molecule has 2 heterocycles. The molecule has 0 atom stereocenters. The van der Waals surface area contributed by atoms with Crippen molar-refractivity contribution in [1.82, 2.24) is 4.98 Å². The summed E-state index contributed by atoms with van der Waals surface area (Å²) in [6.07, 6.45) is 1.51. The van der Waals surface area contributed by atoms with E-state index in [0.717, 1.165) is 5.56 Å².